The average Bonchev–Trinajstić information content (AvgIpc) is 2.28. The fraction of sp³-hybridized carbons (Fsp3) is 0.923. The topological polar surface area (TPSA) is 46.3 Å². The van der Waals surface area contributed by atoms with Gasteiger partial charge in [0.1, 0.15) is 0 Å². The van der Waals surface area contributed by atoms with Crippen molar-refractivity contribution in [1.82, 2.24) is 4.90 Å². The molecule has 3 nitrogen and oxygen atoms in total. The van der Waals surface area contributed by atoms with Gasteiger partial charge in [0.05, 0.1) is 5.41 Å². The van der Waals surface area contributed by atoms with Gasteiger partial charge in [0, 0.05) is 20.1 Å². The highest BCUT2D eigenvalue weighted by Crippen LogP contribution is 2.27. The normalized spacial score (nSPS) is 11.9. The predicted octanol–water partition coefficient (Wildman–Crippen LogP) is 2.26. The molecular weight excluding hydrogens is 200 g/mol. The highest BCUT2D eigenvalue weighted by molar-refractivity contribution is 5.82. The van der Waals surface area contributed by atoms with Crippen LogP contribution in [0.4, 0.5) is 0 Å². The van der Waals surface area contributed by atoms with Crippen LogP contribution in [0.25, 0.3) is 0 Å². The Labute approximate surface area is 100 Å². The molecule has 0 saturated carbocycles. The minimum Gasteiger partial charge on any atom is -0.345 e. The molecule has 0 spiro atoms. The minimum absolute atomic E-state index is 0.209. The van der Waals surface area contributed by atoms with Crippen molar-refractivity contribution in [3.63, 3.8) is 0 Å². The van der Waals surface area contributed by atoms with E-state index in [1.165, 1.54) is 0 Å². The van der Waals surface area contributed by atoms with Crippen molar-refractivity contribution in [3.05, 3.63) is 0 Å². The number of carbonyl (C=O) groups excluding carboxylic acids is 1. The van der Waals surface area contributed by atoms with Crippen LogP contribution in [-0.4, -0.2) is 30.9 Å². The van der Waals surface area contributed by atoms with Gasteiger partial charge < -0.3 is 10.6 Å². The van der Waals surface area contributed by atoms with Crippen molar-refractivity contribution >= 4 is 5.91 Å². The van der Waals surface area contributed by atoms with Crippen LogP contribution in [0.2, 0.25) is 0 Å². The summed E-state index contributed by atoms with van der Waals surface area (Å²) in [6.45, 7) is 9.72. The average molecular weight is 228 g/mol. The van der Waals surface area contributed by atoms with Crippen LogP contribution in [0.1, 0.15) is 47.0 Å². The van der Waals surface area contributed by atoms with Gasteiger partial charge in [-0.1, -0.05) is 27.7 Å². The SMILES string of the molecule is CCC(CC)(CN)C(=O)N(C)CCC(C)C. The van der Waals surface area contributed by atoms with Crippen LogP contribution >= 0.6 is 0 Å². The lowest BCUT2D eigenvalue weighted by atomic mass is 9.81. The first-order valence-electron chi connectivity index (χ1n) is 6.39. The van der Waals surface area contributed by atoms with Crippen LogP contribution in [0, 0.1) is 11.3 Å². The van der Waals surface area contributed by atoms with Crippen molar-refractivity contribution in [2.45, 2.75) is 47.0 Å². The standard InChI is InChI=1S/C13H28N2O/c1-6-13(7-2,10-14)12(16)15(5)9-8-11(3)4/h11H,6-10,14H2,1-5H3. The lowest BCUT2D eigenvalue weighted by Gasteiger charge is -2.33. The van der Waals surface area contributed by atoms with Crippen molar-refractivity contribution in [1.29, 1.82) is 0 Å². The van der Waals surface area contributed by atoms with Gasteiger partial charge in [-0.3, -0.25) is 4.79 Å². The molecule has 3 heteroatoms. The van der Waals surface area contributed by atoms with Crippen molar-refractivity contribution < 1.29 is 4.79 Å². The molecule has 0 saturated heterocycles. The molecule has 0 aromatic rings. The molecule has 96 valence electrons. The quantitative estimate of drug-likeness (QED) is 0.726. The molecule has 0 bridgehead atoms. The second-order valence-corrected chi connectivity index (χ2v) is 5.10. The molecule has 0 fully saturated rings. The van der Waals surface area contributed by atoms with Crippen LogP contribution < -0.4 is 5.73 Å². The summed E-state index contributed by atoms with van der Waals surface area (Å²) in [4.78, 5) is 14.2. The molecule has 2 N–H and O–H groups in total. The Morgan fingerprint density at radius 1 is 1.31 bits per heavy atom. The Bertz CT molecular complexity index is 202. The van der Waals surface area contributed by atoms with Gasteiger partial charge in [-0.15, -0.1) is 0 Å². The zero-order chi connectivity index (χ0) is 12.8. The number of hydrogen-bond donors (Lipinski definition) is 1. The fourth-order valence-electron chi connectivity index (χ4n) is 1.89. The van der Waals surface area contributed by atoms with Gasteiger partial charge in [0.25, 0.3) is 0 Å². The van der Waals surface area contributed by atoms with E-state index in [9.17, 15) is 4.79 Å². The number of rotatable bonds is 7. The Hall–Kier alpha value is -0.570. The molecular formula is C13H28N2O. The summed E-state index contributed by atoms with van der Waals surface area (Å²) in [7, 11) is 1.89. The fourth-order valence-corrected chi connectivity index (χ4v) is 1.89. The molecule has 0 rings (SSSR count). The summed E-state index contributed by atoms with van der Waals surface area (Å²) in [6.07, 6.45) is 2.70. The third-order valence-electron chi connectivity index (χ3n) is 3.59. The maximum Gasteiger partial charge on any atom is 0.229 e. The predicted molar refractivity (Wildman–Crippen MR) is 69.2 cm³/mol. The molecule has 0 aliphatic rings. The number of nitrogens with zero attached hydrogens (tertiary/aromatic N) is 1. The lowest BCUT2D eigenvalue weighted by molar-refractivity contribution is -0.140. The highest BCUT2D eigenvalue weighted by atomic mass is 16.2. The molecule has 1 amide bonds. The maximum absolute atomic E-state index is 12.3. The summed E-state index contributed by atoms with van der Waals surface area (Å²) in [5, 5.41) is 0. The van der Waals surface area contributed by atoms with Crippen LogP contribution in [0.3, 0.4) is 0 Å². The molecule has 0 aromatic heterocycles. The van der Waals surface area contributed by atoms with Gasteiger partial charge >= 0.3 is 0 Å². The van der Waals surface area contributed by atoms with E-state index in [-0.39, 0.29) is 11.3 Å². The van der Waals surface area contributed by atoms with E-state index in [1.807, 2.05) is 25.8 Å². The molecule has 0 aromatic carbocycles. The van der Waals surface area contributed by atoms with Gasteiger partial charge in [-0.25, -0.2) is 0 Å². The van der Waals surface area contributed by atoms with Crippen LogP contribution in [0.15, 0.2) is 0 Å². The third-order valence-corrected chi connectivity index (χ3v) is 3.59. The molecule has 0 aliphatic carbocycles. The van der Waals surface area contributed by atoms with Gasteiger partial charge in [0.2, 0.25) is 5.91 Å². The summed E-state index contributed by atoms with van der Waals surface area (Å²) in [5.41, 5.74) is 5.43. The minimum atomic E-state index is -0.342. The van der Waals surface area contributed by atoms with Crippen molar-refractivity contribution in [2.75, 3.05) is 20.1 Å². The lowest BCUT2D eigenvalue weighted by Crippen LogP contribution is -2.46. The molecule has 0 heterocycles. The first-order chi connectivity index (χ1) is 7.43. The summed E-state index contributed by atoms with van der Waals surface area (Å²) in [6, 6.07) is 0. The number of amides is 1. The van der Waals surface area contributed by atoms with Crippen molar-refractivity contribution in [2.24, 2.45) is 17.1 Å². The Balaban J connectivity index is 4.49. The van der Waals surface area contributed by atoms with Gasteiger partial charge in [0.15, 0.2) is 0 Å². The van der Waals surface area contributed by atoms with E-state index >= 15 is 0 Å². The molecule has 0 radical (unpaired) electrons. The Morgan fingerprint density at radius 2 is 1.81 bits per heavy atom. The van der Waals surface area contributed by atoms with Gasteiger partial charge in [-0.2, -0.15) is 0 Å². The van der Waals surface area contributed by atoms with Gasteiger partial charge in [-0.05, 0) is 25.2 Å². The molecule has 16 heavy (non-hydrogen) atoms. The first-order valence-corrected chi connectivity index (χ1v) is 6.39. The third kappa shape index (κ3) is 3.78. The smallest absolute Gasteiger partial charge is 0.229 e. The van der Waals surface area contributed by atoms with E-state index in [0.717, 1.165) is 25.8 Å². The summed E-state index contributed by atoms with van der Waals surface area (Å²) >= 11 is 0. The van der Waals surface area contributed by atoms with Crippen molar-refractivity contribution in [3.8, 4) is 0 Å². The van der Waals surface area contributed by atoms with E-state index < -0.39 is 0 Å². The van der Waals surface area contributed by atoms with E-state index in [4.69, 9.17) is 5.73 Å². The zero-order valence-electron chi connectivity index (χ0n) is 11.5. The van der Waals surface area contributed by atoms with Crippen LogP contribution in [-0.2, 0) is 4.79 Å². The maximum atomic E-state index is 12.3. The molecule has 0 aliphatic heterocycles. The largest absolute Gasteiger partial charge is 0.345 e. The number of hydrogen-bond acceptors (Lipinski definition) is 2. The Kier molecular flexibility index (Phi) is 6.65. The van der Waals surface area contributed by atoms with E-state index in [1.54, 1.807) is 0 Å². The molecule has 0 atom stereocenters. The number of nitrogens with two attached hydrogens (primary N) is 1. The van der Waals surface area contributed by atoms with E-state index in [2.05, 4.69) is 13.8 Å². The van der Waals surface area contributed by atoms with E-state index in [0.29, 0.717) is 12.5 Å². The summed E-state index contributed by atoms with van der Waals surface area (Å²) < 4.78 is 0. The monoisotopic (exact) mass is 228 g/mol. The summed E-state index contributed by atoms with van der Waals surface area (Å²) in [5.74, 6) is 0.839. The number of carbonyl (C=O) groups is 1. The highest BCUT2D eigenvalue weighted by Gasteiger charge is 2.35. The Morgan fingerprint density at radius 3 is 2.12 bits per heavy atom. The zero-order valence-corrected chi connectivity index (χ0v) is 11.5. The first kappa shape index (κ1) is 15.4. The second kappa shape index (κ2) is 6.89. The molecule has 0 unspecified atom stereocenters. The van der Waals surface area contributed by atoms with Crippen LogP contribution in [0.5, 0.6) is 0 Å². The second-order valence-electron chi connectivity index (χ2n) is 5.10.